The first kappa shape index (κ1) is 11.7. The maximum Gasteiger partial charge on any atom is 0.285 e. The molecule has 0 bridgehead atoms. The number of Topliss-reactive ketones (excluding diaryl/α,β-unsaturated/α-hetero) is 1. The third kappa shape index (κ3) is 2.34. The van der Waals surface area contributed by atoms with Crippen LogP contribution in [0.15, 0.2) is 24.3 Å². The van der Waals surface area contributed by atoms with E-state index in [1.165, 1.54) is 6.92 Å². The van der Waals surface area contributed by atoms with E-state index in [-0.39, 0.29) is 11.5 Å². The maximum atomic E-state index is 11.4. The second-order valence-electron chi connectivity index (χ2n) is 3.63. The van der Waals surface area contributed by atoms with E-state index < -0.39 is 16.0 Å². The van der Waals surface area contributed by atoms with Crippen molar-refractivity contribution >= 4 is 26.8 Å². The Kier molecular flexibility index (Phi) is 2.72. The second-order valence-corrected chi connectivity index (χ2v) is 5.05. The van der Waals surface area contributed by atoms with Gasteiger partial charge in [0, 0.05) is 12.3 Å². The van der Waals surface area contributed by atoms with E-state index in [4.69, 9.17) is 4.55 Å². The first-order valence-electron chi connectivity index (χ1n) is 4.80. The molecule has 0 spiro atoms. The fourth-order valence-corrected chi connectivity index (χ4v) is 2.15. The predicted octanol–water partition coefficient (Wildman–Crippen LogP) is 1.08. The van der Waals surface area contributed by atoms with Gasteiger partial charge in [0.15, 0.2) is 11.7 Å². The molecule has 1 heterocycles. The van der Waals surface area contributed by atoms with Crippen molar-refractivity contribution < 1.29 is 17.8 Å². The lowest BCUT2D eigenvalue weighted by molar-refractivity contribution is 0.101. The Morgan fingerprint density at radius 1 is 1.41 bits per heavy atom. The van der Waals surface area contributed by atoms with Crippen LogP contribution in [-0.2, 0) is 16.0 Å². The van der Waals surface area contributed by atoms with Crippen LogP contribution in [0.25, 0.3) is 10.9 Å². The molecule has 1 N–H and O–H groups in total. The standard InChI is InChI=1S/C10H10N2O4S/c1-7(13)10-8-4-2-3-5-9(8)12(11-10)6-17(14,15)16/h2-5H,6H2,1H3,(H,14,15,16). The molecule has 7 heteroatoms. The van der Waals surface area contributed by atoms with Crippen molar-refractivity contribution in [3.63, 3.8) is 0 Å². The number of carbonyl (C=O) groups is 1. The van der Waals surface area contributed by atoms with E-state index in [0.29, 0.717) is 10.9 Å². The van der Waals surface area contributed by atoms with Crippen molar-refractivity contribution in [2.45, 2.75) is 12.8 Å². The molecular weight excluding hydrogens is 244 g/mol. The van der Waals surface area contributed by atoms with Gasteiger partial charge >= 0.3 is 0 Å². The Balaban J connectivity index is 2.69. The Morgan fingerprint density at radius 2 is 2.06 bits per heavy atom. The minimum absolute atomic E-state index is 0.198. The highest BCUT2D eigenvalue weighted by molar-refractivity contribution is 7.84. The summed E-state index contributed by atoms with van der Waals surface area (Å²) in [6.07, 6.45) is 0. The largest absolute Gasteiger partial charge is 0.293 e. The summed E-state index contributed by atoms with van der Waals surface area (Å²) in [5.74, 6) is -0.920. The van der Waals surface area contributed by atoms with Crippen molar-refractivity contribution in [1.82, 2.24) is 9.78 Å². The fourth-order valence-electron chi connectivity index (χ4n) is 1.64. The van der Waals surface area contributed by atoms with Crippen LogP contribution >= 0.6 is 0 Å². The van der Waals surface area contributed by atoms with Gasteiger partial charge in [0.05, 0.1) is 5.52 Å². The summed E-state index contributed by atoms with van der Waals surface area (Å²) in [5.41, 5.74) is 0.694. The second kappa shape index (κ2) is 3.94. The highest BCUT2D eigenvalue weighted by atomic mass is 32.2. The molecule has 0 aliphatic carbocycles. The number of benzene rings is 1. The van der Waals surface area contributed by atoms with Crippen molar-refractivity contribution in [2.24, 2.45) is 0 Å². The van der Waals surface area contributed by atoms with Gasteiger partial charge in [0.2, 0.25) is 0 Å². The van der Waals surface area contributed by atoms with Gasteiger partial charge in [0.1, 0.15) is 5.69 Å². The first-order chi connectivity index (χ1) is 7.88. The van der Waals surface area contributed by atoms with Gasteiger partial charge in [-0.1, -0.05) is 18.2 Å². The summed E-state index contributed by atoms with van der Waals surface area (Å²) in [4.78, 5) is 11.4. The van der Waals surface area contributed by atoms with E-state index in [9.17, 15) is 13.2 Å². The van der Waals surface area contributed by atoms with Crippen LogP contribution < -0.4 is 0 Å². The molecule has 17 heavy (non-hydrogen) atoms. The molecule has 0 atom stereocenters. The molecule has 2 aromatic rings. The van der Waals surface area contributed by atoms with Crippen molar-refractivity contribution in [3.8, 4) is 0 Å². The molecule has 1 aromatic carbocycles. The van der Waals surface area contributed by atoms with Crippen LogP contribution in [0.4, 0.5) is 0 Å². The van der Waals surface area contributed by atoms with E-state index in [1.54, 1.807) is 24.3 Å². The van der Waals surface area contributed by atoms with Crippen molar-refractivity contribution in [1.29, 1.82) is 0 Å². The highest BCUT2D eigenvalue weighted by Gasteiger charge is 2.16. The molecule has 90 valence electrons. The van der Waals surface area contributed by atoms with Crippen LogP contribution in [0.1, 0.15) is 17.4 Å². The van der Waals surface area contributed by atoms with Crippen LogP contribution in [0.5, 0.6) is 0 Å². The number of para-hydroxylation sites is 1. The molecule has 6 nitrogen and oxygen atoms in total. The van der Waals surface area contributed by atoms with Crippen molar-refractivity contribution in [2.75, 3.05) is 0 Å². The van der Waals surface area contributed by atoms with Gasteiger partial charge in [0.25, 0.3) is 10.1 Å². The Bertz CT molecular complexity index is 687. The van der Waals surface area contributed by atoms with Crippen LogP contribution in [0.3, 0.4) is 0 Å². The summed E-state index contributed by atoms with van der Waals surface area (Å²) in [7, 11) is -4.19. The number of hydrogen-bond donors (Lipinski definition) is 1. The predicted molar refractivity (Wildman–Crippen MR) is 61.3 cm³/mol. The molecule has 0 aliphatic heterocycles. The molecule has 0 aliphatic rings. The van der Waals surface area contributed by atoms with E-state index in [1.807, 2.05) is 0 Å². The molecule has 0 amide bonds. The van der Waals surface area contributed by atoms with E-state index >= 15 is 0 Å². The number of rotatable bonds is 3. The first-order valence-corrected chi connectivity index (χ1v) is 6.41. The molecule has 0 fully saturated rings. The smallest absolute Gasteiger partial charge is 0.285 e. The Labute approximate surface area is 97.6 Å². The van der Waals surface area contributed by atoms with Crippen molar-refractivity contribution in [3.05, 3.63) is 30.0 Å². The minimum Gasteiger partial charge on any atom is -0.293 e. The SMILES string of the molecule is CC(=O)c1nn(CS(=O)(=O)O)c2ccccc12. The monoisotopic (exact) mass is 254 g/mol. The number of aromatic nitrogens is 2. The normalized spacial score (nSPS) is 11.9. The van der Waals surface area contributed by atoms with Gasteiger partial charge in [-0.15, -0.1) is 0 Å². The summed E-state index contributed by atoms with van der Waals surface area (Å²) in [5, 5.41) is 4.47. The summed E-state index contributed by atoms with van der Waals surface area (Å²) in [6, 6.07) is 6.75. The zero-order chi connectivity index (χ0) is 12.6. The van der Waals surface area contributed by atoms with Gasteiger partial charge in [-0.25, -0.2) is 4.68 Å². The molecule has 0 saturated carbocycles. The Morgan fingerprint density at radius 3 is 2.65 bits per heavy atom. The zero-order valence-electron chi connectivity index (χ0n) is 8.99. The van der Waals surface area contributed by atoms with Crippen LogP contribution in [0.2, 0.25) is 0 Å². The van der Waals surface area contributed by atoms with Gasteiger partial charge in [-0.2, -0.15) is 13.5 Å². The van der Waals surface area contributed by atoms with Crippen LogP contribution in [0, 0.1) is 0 Å². The summed E-state index contributed by atoms with van der Waals surface area (Å²) < 4.78 is 31.6. The number of carbonyl (C=O) groups excluding carboxylic acids is 1. The van der Waals surface area contributed by atoms with Gasteiger partial charge in [-0.05, 0) is 6.07 Å². The molecule has 1 aromatic heterocycles. The molecule has 0 unspecified atom stereocenters. The number of hydrogen-bond acceptors (Lipinski definition) is 4. The lowest BCUT2D eigenvalue weighted by atomic mass is 10.2. The topological polar surface area (TPSA) is 89.3 Å². The maximum absolute atomic E-state index is 11.4. The van der Waals surface area contributed by atoms with Gasteiger partial charge < -0.3 is 0 Å². The average Bonchev–Trinajstić information content (AvgIpc) is 2.55. The lowest BCUT2D eigenvalue weighted by Gasteiger charge is -1.99. The summed E-state index contributed by atoms with van der Waals surface area (Å²) in [6.45, 7) is 1.35. The molecular formula is C10H10N2O4S. The number of fused-ring (bicyclic) bond motifs is 1. The summed E-state index contributed by atoms with van der Waals surface area (Å²) >= 11 is 0. The highest BCUT2D eigenvalue weighted by Crippen LogP contribution is 2.19. The average molecular weight is 254 g/mol. The van der Waals surface area contributed by atoms with Crippen LogP contribution in [-0.4, -0.2) is 28.5 Å². The third-order valence-corrected chi connectivity index (χ3v) is 2.85. The molecule has 2 rings (SSSR count). The molecule has 0 saturated heterocycles. The quantitative estimate of drug-likeness (QED) is 0.654. The Hall–Kier alpha value is -1.73. The van der Waals surface area contributed by atoms with Gasteiger partial charge in [-0.3, -0.25) is 9.35 Å². The minimum atomic E-state index is -4.19. The molecule has 0 radical (unpaired) electrons. The zero-order valence-corrected chi connectivity index (χ0v) is 9.81. The van der Waals surface area contributed by atoms with E-state index in [2.05, 4.69) is 5.10 Å². The number of ketones is 1. The third-order valence-electron chi connectivity index (χ3n) is 2.28. The fraction of sp³-hybridized carbons (Fsp3) is 0.200. The van der Waals surface area contributed by atoms with E-state index in [0.717, 1.165) is 4.68 Å². The lowest BCUT2D eigenvalue weighted by Crippen LogP contribution is -2.11. The number of nitrogens with zero attached hydrogens (tertiary/aromatic N) is 2.